The van der Waals surface area contributed by atoms with E-state index in [2.05, 4.69) is 12.2 Å². The number of carbonyl (C=O) groups excluding carboxylic acids is 2. The molecule has 1 N–H and O–H groups in total. The average Bonchev–Trinajstić information content (AvgIpc) is 2.93. The smallest absolute Gasteiger partial charge is 0.254 e. The summed E-state index contributed by atoms with van der Waals surface area (Å²) in [6.07, 6.45) is 1.50. The average molecular weight is 324 g/mol. The molecule has 1 aromatic rings. The number of benzene rings is 1. The molecule has 1 aromatic carbocycles. The maximum Gasteiger partial charge on any atom is 0.254 e. The van der Waals surface area contributed by atoms with Crippen molar-refractivity contribution in [1.29, 1.82) is 0 Å². The van der Waals surface area contributed by atoms with Gasteiger partial charge in [0.2, 0.25) is 5.91 Å². The highest BCUT2D eigenvalue weighted by atomic mass is 35.5. The quantitative estimate of drug-likeness (QED) is 0.900. The normalized spacial score (nSPS) is 21.7. The highest BCUT2D eigenvalue weighted by Gasteiger charge is 2.24. The number of hydrogen-bond acceptors (Lipinski definition) is 3. The van der Waals surface area contributed by atoms with E-state index in [1.165, 1.54) is 0 Å². The predicted molar refractivity (Wildman–Crippen MR) is 88.6 cm³/mol. The molecule has 6 heteroatoms. The number of amides is 2. The molecule has 5 nitrogen and oxygen atoms in total. The third-order valence-electron chi connectivity index (χ3n) is 4.13. The summed E-state index contributed by atoms with van der Waals surface area (Å²) < 4.78 is 0. The van der Waals surface area contributed by atoms with Crippen LogP contribution in [0.5, 0.6) is 0 Å². The molecule has 120 valence electrons. The second kappa shape index (κ2) is 7.11. The Labute approximate surface area is 137 Å². The van der Waals surface area contributed by atoms with E-state index in [0.717, 1.165) is 38.3 Å². The first-order valence-corrected chi connectivity index (χ1v) is 7.58. The van der Waals surface area contributed by atoms with E-state index in [0.29, 0.717) is 18.0 Å². The molecule has 2 heterocycles. The summed E-state index contributed by atoms with van der Waals surface area (Å²) >= 11 is 0. The van der Waals surface area contributed by atoms with E-state index in [-0.39, 0.29) is 24.2 Å². The molecular weight excluding hydrogens is 302 g/mol. The Morgan fingerprint density at radius 2 is 2.14 bits per heavy atom. The van der Waals surface area contributed by atoms with E-state index < -0.39 is 0 Å². The zero-order valence-corrected chi connectivity index (χ0v) is 13.6. The van der Waals surface area contributed by atoms with Gasteiger partial charge >= 0.3 is 0 Å². The van der Waals surface area contributed by atoms with Crippen LogP contribution in [0.2, 0.25) is 0 Å². The predicted octanol–water partition coefficient (Wildman–Crippen LogP) is 1.67. The van der Waals surface area contributed by atoms with Crippen molar-refractivity contribution in [3.63, 3.8) is 0 Å². The van der Waals surface area contributed by atoms with Gasteiger partial charge in [0.05, 0.1) is 0 Å². The molecule has 0 saturated carbocycles. The van der Waals surface area contributed by atoms with Crippen molar-refractivity contribution < 1.29 is 9.59 Å². The van der Waals surface area contributed by atoms with Crippen LogP contribution < -0.4 is 10.2 Å². The van der Waals surface area contributed by atoms with Crippen LogP contribution in [0.4, 0.5) is 5.69 Å². The molecule has 2 amide bonds. The van der Waals surface area contributed by atoms with Crippen LogP contribution >= 0.6 is 12.4 Å². The topological polar surface area (TPSA) is 52.7 Å². The maximum absolute atomic E-state index is 12.6. The summed E-state index contributed by atoms with van der Waals surface area (Å²) in [5.74, 6) is 0.201. The van der Waals surface area contributed by atoms with Crippen LogP contribution in [0.3, 0.4) is 0 Å². The van der Waals surface area contributed by atoms with Crippen LogP contribution in [0, 0.1) is 0 Å². The summed E-state index contributed by atoms with van der Waals surface area (Å²) in [7, 11) is 0. The fourth-order valence-electron chi connectivity index (χ4n) is 3.03. The minimum atomic E-state index is 0. The van der Waals surface area contributed by atoms with Gasteiger partial charge in [-0.1, -0.05) is 6.07 Å². The Hall–Kier alpha value is -1.59. The molecule has 0 bridgehead atoms. The van der Waals surface area contributed by atoms with Gasteiger partial charge in [0.15, 0.2) is 0 Å². The lowest BCUT2D eigenvalue weighted by atomic mass is 10.1. The van der Waals surface area contributed by atoms with Crippen LogP contribution in [-0.4, -0.2) is 48.9 Å². The molecule has 1 atom stereocenters. The molecule has 0 radical (unpaired) electrons. The minimum Gasteiger partial charge on any atom is -0.336 e. The SMILES string of the molecule is CC1CN(C(=O)c2cccc(N3CCCC3=O)c2)CCN1.Cl. The summed E-state index contributed by atoms with van der Waals surface area (Å²) in [6, 6.07) is 7.77. The molecule has 1 unspecified atom stereocenters. The number of rotatable bonds is 2. The zero-order valence-electron chi connectivity index (χ0n) is 12.7. The molecule has 22 heavy (non-hydrogen) atoms. The maximum atomic E-state index is 12.6. The van der Waals surface area contributed by atoms with Gasteiger partial charge in [-0.25, -0.2) is 0 Å². The third-order valence-corrected chi connectivity index (χ3v) is 4.13. The molecule has 2 fully saturated rings. The number of anilines is 1. The standard InChI is InChI=1S/C16H21N3O2.ClH/c1-12-11-18(9-7-17-12)16(21)13-4-2-5-14(10-13)19-8-3-6-15(19)20;/h2,4-5,10,12,17H,3,6-9,11H2,1H3;1H. The highest BCUT2D eigenvalue weighted by Crippen LogP contribution is 2.23. The second-order valence-corrected chi connectivity index (χ2v) is 5.81. The summed E-state index contributed by atoms with van der Waals surface area (Å²) in [4.78, 5) is 28.1. The molecule has 0 aromatic heterocycles. The van der Waals surface area contributed by atoms with Gasteiger partial charge in [0.25, 0.3) is 5.91 Å². The molecule has 2 saturated heterocycles. The molecule has 0 spiro atoms. The van der Waals surface area contributed by atoms with Crippen LogP contribution in [0.25, 0.3) is 0 Å². The van der Waals surface area contributed by atoms with Crippen molar-refractivity contribution in [3.05, 3.63) is 29.8 Å². The van der Waals surface area contributed by atoms with Gasteiger partial charge in [-0.2, -0.15) is 0 Å². The van der Waals surface area contributed by atoms with Crippen molar-refractivity contribution in [2.45, 2.75) is 25.8 Å². The summed E-state index contributed by atoms with van der Waals surface area (Å²) in [6.45, 7) is 5.12. The first-order valence-electron chi connectivity index (χ1n) is 7.58. The number of nitrogens with one attached hydrogen (secondary N) is 1. The number of halogens is 1. The molecule has 0 aliphatic carbocycles. The molecule has 2 aliphatic rings. The third kappa shape index (κ3) is 3.42. The number of nitrogens with zero attached hydrogens (tertiary/aromatic N) is 2. The molecule has 2 aliphatic heterocycles. The Bertz CT molecular complexity index is 564. The minimum absolute atomic E-state index is 0. The van der Waals surface area contributed by atoms with Crippen LogP contribution in [0.1, 0.15) is 30.1 Å². The van der Waals surface area contributed by atoms with Crippen molar-refractivity contribution in [3.8, 4) is 0 Å². The lowest BCUT2D eigenvalue weighted by molar-refractivity contribution is -0.117. The lowest BCUT2D eigenvalue weighted by Gasteiger charge is -2.32. The largest absolute Gasteiger partial charge is 0.336 e. The highest BCUT2D eigenvalue weighted by molar-refractivity contribution is 5.99. The fourth-order valence-corrected chi connectivity index (χ4v) is 3.03. The number of piperazine rings is 1. The summed E-state index contributed by atoms with van der Waals surface area (Å²) in [5, 5.41) is 3.33. The van der Waals surface area contributed by atoms with E-state index in [1.54, 1.807) is 4.90 Å². The molecular formula is C16H22ClN3O2. The van der Waals surface area contributed by atoms with Gasteiger partial charge < -0.3 is 15.1 Å². The second-order valence-electron chi connectivity index (χ2n) is 5.81. The fraction of sp³-hybridized carbons (Fsp3) is 0.500. The zero-order chi connectivity index (χ0) is 14.8. The Balaban J connectivity index is 0.00000176. The van der Waals surface area contributed by atoms with Crippen LogP contribution in [-0.2, 0) is 4.79 Å². The Morgan fingerprint density at radius 3 is 2.82 bits per heavy atom. The van der Waals surface area contributed by atoms with E-state index in [1.807, 2.05) is 29.2 Å². The Kier molecular flexibility index (Phi) is 5.42. The van der Waals surface area contributed by atoms with Crippen molar-refractivity contribution in [2.24, 2.45) is 0 Å². The number of hydrogen-bond donors (Lipinski definition) is 1. The first-order chi connectivity index (χ1) is 10.1. The van der Waals surface area contributed by atoms with Crippen molar-refractivity contribution >= 4 is 29.9 Å². The Morgan fingerprint density at radius 1 is 1.32 bits per heavy atom. The van der Waals surface area contributed by atoms with Crippen molar-refractivity contribution in [1.82, 2.24) is 10.2 Å². The lowest BCUT2D eigenvalue weighted by Crippen LogP contribution is -2.51. The van der Waals surface area contributed by atoms with E-state index in [4.69, 9.17) is 0 Å². The van der Waals surface area contributed by atoms with Crippen LogP contribution in [0.15, 0.2) is 24.3 Å². The first kappa shape index (κ1) is 16.8. The van der Waals surface area contributed by atoms with E-state index in [9.17, 15) is 9.59 Å². The van der Waals surface area contributed by atoms with Gasteiger partial charge in [-0.3, -0.25) is 9.59 Å². The number of carbonyl (C=O) groups is 2. The van der Waals surface area contributed by atoms with E-state index >= 15 is 0 Å². The van der Waals surface area contributed by atoms with Gasteiger partial charge in [-0.15, -0.1) is 12.4 Å². The van der Waals surface area contributed by atoms with Gasteiger partial charge in [-0.05, 0) is 31.5 Å². The summed E-state index contributed by atoms with van der Waals surface area (Å²) in [5.41, 5.74) is 1.51. The van der Waals surface area contributed by atoms with Crippen molar-refractivity contribution in [2.75, 3.05) is 31.1 Å². The van der Waals surface area contributed by atoms with Gasteiger partial charge in [0.1, 0.15) is 0 Å². The van der Waals surface area contributed by atoms with Gasteiger partial charge in [0, 0.05) is 49.9 Å². The molecule has 3 rings (SSSR count). The monoisotopic (exact) mass is 323 g/mol.